The van der Waals surface area contributed by atoms with Crippen LogP contribution in [0.5, 0.6) is 5.75 Å². The molecule has 32 heavy (non-hydrogen) atoms. The minimum atomic E-state index is -0.325. The van der Waals surface area contributed by atoms with E-state index in [2.05, 4.69) is 27.3 Å². The highest BCUT2D eigenvalue weighted by Gasteiger charge is 2.26. The average molecular weight is 442 g/mol. The first-order valence-electron chi connectivity index (χ1n) is 11.4. The standard InChI is InChI=1S/C24H32FN5O2/c1-32-20-9-7-19(8-10-20)22(28-12-3-2-4-13-28)18-27-24(31)30-16-14-29(15-17-30)23-21(25)6-5-11-26-23/h5-11,22H,2-4,12-18H2,1H3,(H,27,31). The molecule has 2 saturated heterocycles. The summed E-state index contributed by atoms with van der Waals surface area (Å²) in [5.74, 6) is 0.865. The van der Waals surface area contributed by atoms with Crippen LogP contribution in [-0.4, -0.2) is 73.7 Å². The number of halogens is 1. The molecule has 2 aromatic rings. The van der Waals surface area contributed by atoms with Crippen LogP contribution in [0, 0.1) is 5.82 Å². The number of pyridine rings is 1. The Morgan fingerprint density at radius 3 is 2.44 bits per heavy atom. The maximum atomic E-state index is 14.0. The number of methoxy groups -OCH3 is 1. The quantitative estimate of drug-likeness (QED) is 0.746. The smallest absolute Gasteiger partial charge is 0.317 e. The van der Waals surface area contributed by atoms with Gasteiger partial charge in [-0.1, -0.05) is 18.6 Å². The SMILES string of the molecule is COc1ccc(C(CNC(=O)N2CCN(c3ncccc3F)CC2)N2CCCCC2)cc1. The lowest BCUT2D eigenvalue weighted by Gasteiger charge is -2.37. The first-order valence-corrected chi connectivity index (χ1v) is 11.4. The summed E-state index contributed by atoms with van der Waals surface area (Å²) in [6, 6.07) is 11.2. The maximum absolute atomic E-state index is 14.0. The molecule has 2 fully saturated rings. The Kier molecular flexibility index (Phi) is 7.42. The van der Waals surface area contributed by atoms with Crippen molar-refractivity contribution in [2.24, 2.45) is 0 Å². The molecule has 2 amide bonds. The van der Waals surface area contributed by atoms with E-state index in [0.29, 0.717) is 38.5 Å². The number of carbonyl (C=O) groups excluding carboxylic acids is 1. The summed E-state index contributed by atoms with van der Waals surface area (Å²) in [5.41, 5.74) is 1.18. The van der Waals surface area contributed by atoms with E-state index in [0.717, 1.165) is 18.8 Å². The second-order valence-electron chi connectivity index (χ2n) is 8.35. The summed E-state index contributed by atoms with van der Waals surface area (Å²) in [4.78, 5) is 23.2. The highest BCUT2D eigenvalue weighted by Crippen LogP contribution is 2.26. The van der Waals surface area contributed by atoms with Crippen molar-refractivity contribution in [1.82, 2.24) is 20.1 Å². The van der Waals surface area contributed by atoms with Crippen LogP contribution in [0.2, 0.25) is 0 Å². The fourth-order valence-electron chi connectivity index (χ4n) is 4.54. The number of piperidine rings is 1. The zero-order valence-electron chi connectivity index (χ0n) is 18.7. The summed E-state index contributed by atoms with van der Waals surface area (Å²) in [6.07, 6.45) is 5.23. The molecule has 1 atom stereocenters. The third-order valence-corrected chi connectivity index (χ3v) is 6.38. The molecule has 0 radical (unpaired) electrons. The van der Waals surface area contributed by atoms with Crippen molar-refractivity contribution >= 4 is 11.8 Å². The molecule has 0 aliphatic carbocycles. The maximum Gasteiger partial charge on any atom is 0.317 e. The Bertz CT molecular complexity index is 880. The molecule has 0 saturated carbocycles. The molecular formula is C24H32FN5O2. The Balaban J connectivity index is 1.35. The molecule has 7 nitrogen and oxygen atoms in total. The van der Waals surface area contributed by atoms with Gasteiger partial charge in [-0.25, -0.2) is 14.2 Å². The number of ether oxygens (including phenoxy) is 1. The second-order valence-corrected chi connectivity index (χ2v) is 8.35. The Morgan fingerprint density at radius 1 is 1.06 bits per heavy atom. The molecule has 1 aromatic heterocycles. The Hall–Kier alpha value is -2.87. The van der Waals surface area contributed by atoms with Gasteiger partial charge < -0.3 is 19.9 Å². The molecule has 2 aliphatic rings. The number of nitrogens with one attached hydrogen (secondary N) is 1. The lowest BCUT2D eigenvalue weighted by molar-refractivity contribution is 0.153. The molecule has 4 rings (SSSR count). The van der Waals surface area contributed by atoms with Gasteiger partial charge in [0.1, 0.15) is 5.75 Å². The van der Waals surface area contributed by atoms with Gasteiger partial charge in [0.25, 0.3) is 0 Å². The summed E-state index contributed by atoms with van der Waals surface area (Å²) in [5, 5.41) is 3.15. The number of piperazine rings is 1. The number of anilines is 1. The van der Waals surface area contributed by atoms with Crippen molar-refractivity contribution in [2.45, 2.75) is 25.3 Å². The van der Waals surface area contributed by atoms with Crippen LogP contribution in [0.25, 0.3) is 0 Å². The number of likely N-dealkylation sites (tertiary alicyclic amines) is 1. The first kappa shape index (κ1) is 22.3. The second kappa shape index (κ2) is 10.6. The third-order valence-electron chi connectivity index (χ3n) is 6.38. The van der Waals surface area contributed by atoms with E-state index in [1.807, 2.05) is 17.0 Å². The molecule has 8 heteroatoms. The van der Waals surface area contributed by atoms with Crippen LogP contribution < -0.4 is 15.0 Å². The number of nitrogens with zero attached hydrogens (tertiary/aromatic N) is 4. The van der Waals surface area contributed by atoms with Crippen LogP contribution >= 0.6 is 0 Å². The van der Waals surface area contributed by atoms with Crippen molar-refractivity contribution in [3.8, 4) is 5.75 Å². The van der Waals surface area contributed by atoms with Gasteiger partial charge in [0, 0.05) is 38.9 Å². The van der Waals surface area contributed by atoms with E-state index >= 15 is 0 Å². The molecular weight excluding hydrogens is 409 g/mol. The fraction of sp³-hybridized carbons (Fsp3) is 0.500. The normalized spacial score (nSPS) is 18.3. The molecule has 3 heterocycles. The molecule has 0 bridgehead atoms. The predicted molar refractivity (Wildman–Crippen MR) is 123 cm³/mol. The van der Waals surface area contributed by atoms with Crippen molar-refractivity contribution in [1.29, 1.82) is 0 Å². The molecule has 0 spiro atoms. The van der Waals surface area contributed by atoms with Gasteiger partial charge in [-0.3, -0.25) is 4.90 Å². The van der Waals surface area contributed by atoms with Crippen molar-refractivity contribution in [3.05, 3.63) is 54.0 Å². The van der Waals surface area contributed by atoms with E-state index in [9.17, 15) is 9.18 Å². The first-order chi connectivity index (χ1) is 15.7. The van der Waals surface area contributed by atoms with Crippen LogP contribution in [0.4, 0.5) is 15.0 Å². The van der Waals surface area contributed by atoms with E-state index in [-0.39, 0.29) is 17.9 Å². The van der Waals surface area contributed by atoms with Gasteiger partial charge in [-0.2, -0.15) is 0 Å². The van der Waals surface area contributed by atoms with Crippen molar-refractivity contribution in [3.63, 3.8) is 0 Å². The Morgan fingerprint density at radius 2 is 1.78 bits per heavy atom. The van der Waals surface area contributed by atoms with Gasteiger partial charge in [0.15, 0.2) is 11.6 Å². The fourth-order valence-corrected chi connectivity index (χ4v) is 4.54. The lowest BCUT2D eigenvalue weighted by Crippen LogP contribution is -2.53. The summed E-state index contributed by atoms with van der Waals surface area (Å²) >= 11 is 0. The van der Waals surface area contributed by atoms with Crippen LogP contribution in [-0.2, 0) is 0 Å². The topological polar surface area (TPSA) is 60.9 Å². The average Bonchev–Trinajstić information content (AvgIpc) is 2.85. The largest absolute Gasteiger partial charge is 0.497 e. The van der Waals surface area contributed by atoms with E-state index in [1.165, 1.54) is 30.9 Å². The number of hydrogen-bond donors (Lipinski definition) is 1. The number of urea groups is 1. The zero-order chi connectivity index (χ0) is 22.3. The van der Waals surface area contributed by atoms with Gasteiger partial charge in [-0.05, 0) is 55.8 Å². The molecule has 1 unspecified atom stereocenters. The number of hydrogen-bond acceptors (Lipinski definition) is 5. The molecule has 2 aliphatic heterocycles. The highest BCUT2D eigenvalue weighted by atomic mass is 19.1. The summed E-state index contributed by atoms with van der Waals surface area (Å²) < 4.78 is 19.3. The number of carbonyl (C=O) groups is 1. The minimum Gasteiger partial charge on any atom is -0.497 e. The molecule has 1 aromatic carbocycles. The number of rotatable bonds is 6. The van der Waals surface area contributed by atoms with Crippen LogP contribution in [0.3, 0.4) is 0 Å². The lowest BCUT2D eigenvalue weighted by atomic mass is 10.0. The summed E-state index contributed by atoms with van der Waals surface area (Å²) in [7, 11) is 1.67. The number of amides is 2. The minimum absolute atomic E-state index is 0.0679. The zero-order valence-corrected chi connectivity index (χ0v) is 18.7. The van der Waals surface area contributed by atoms with Crippen molar-refractivity contribution < 1.29 is 13.9 Å². The number of aromatic nitrogens is 1. The van der Waals surface area contributed by atoms with Gasteiger partial charge in [0.2, 0.25) is 0 Å². The van der Waals surface area contributed by atoms with E-state index in [4.69, 9.17) is 4.74 Å². The predicted octanol–water partition coefficient (Wildman–Crippen LogP) is 3.29. The number of benzene rings is 1. The molecule has 172 valence electrons. The van der Waals surface area contributed by atoms with Crippen molar-refractivity contribution in [2.75, 3.05) is 57.8 Å². The van der Waals surface area contributed by atoms with Crippen LogP contribution in [0.15, 0.2) is 42.6 Å². The molecule has 1 N–H and O–H groups in total. The third kappa shape index (κ3) is 5.30. The van der Waals surface area contributed by atoms with E-state index < -0.39 is 0 Å². The summed E-state index contributed by atoms with van der Waals surface area (Å²) in [6.45, 7) is 4.85. The van der Waals surface area contributed by atoms with E-state index in [1.54, 1.807) is 24.3 Å². The Labute approximate surface area is 189 Å². The van der Waals surface area contributed by atoms with Gasteiger partial charge >= 0.3 is 6.03 Å². The highest BCUT2D eigenvalue weighted by molar-refractivity contribution is 5.74. The van der Waals surface area contributed by atoms with Gasteiger partial charge in [-0.15, -0.1) is 0 Å². The van der Waals surface area contributed by atoms with Crippen LogP contribution in [0.1, 0.15) is 30.9 Å². The van der Waals surface area contributed by atoms with Gasteiger partial charge in [0.05, 0.1) is 13.2 Å². The monoisotopic (exact) mass is 441 g/mol.